The molecule has 0 amide bonds. The standard InChI is InChI=1S/C12H19ClN2/c1-8(2)9(3)7-15-12-5-4-10(13)6-11(12)14/h4-6,8-9,15H,7,14H2,1-3H3. The van der Waals surface area contributed by atoms with Crippen molar-refractivity contribution in [3.05, 3.63) is 23.2 Å². The van der Waals surface area contributed by atoms with Gasteiger partial charge in [0.1, 0.15) is 0 Å². The zero-order valence-corrected chi connectivity index (χ0v) is 10.3. The highest BCUT2D eigenvalue weighted by molar-refractivity contribution is 6.31. The van der Waals surface area contributed by atoms with Crippen molar-refractivity contribution >= 4 is 23.0 Å². The van der Waals surface area contributed by atoms with Crippen LogP contribution in [0, 0.1) is 11.8 Å². The molecule has 1 atom stereocenters. The van der Waals surface area contributed by atoms with Crippen LogP contribution in [0.1, 0.15) is 20.8 Å². The Kier molecular flexibility index (Phi) is 4.28. The van der Waals surface area contributed by atoms with Crippen LogP contribution in [0.2, 0.25) is 5.02 Å². The summed E-state index contributed by atoms with van der Waals surface area (Å²) in [5, 5.41) is 4.01. The zero-order valence-electron chi connectivity index (χ0n) is 9.55. The predicted molar refractivity (Wildman–Crippen MR) is 68.4 cm³/mol. The van der Waals surface area contributed by atoms with E-state index in [1.54, 1.807) is 6.07 Å². The molecule has 3 heteroatoms. The molecule has 1 unspecified atom stereocenters. The summed E-state index contributed by atoms with van der Waals surface area (Å²) in [7, 11) is 0. The fourth-order valence-electron chi connectivity index (χ4n) is 1.20. The van der Waals surface area contributed by atoms with Crippen LogP contribution >= 0.6 is 11.6 Å². The first-order valence-corrected chi connectivity index (χ1v) is 5.67. The molecule has 15 heavy (non-hydrogen) atoms. The number of nitrogens with two attached hydrogens (primary N) is 1. The van der Waals surface area contributed by atoms with Crippen LogP contribution in [-0.2, 0) is 0 Å². The van der Waals surface area contributed by atoms with Gasteiger partial charge in [0.2, 0.25) is 0 Å². The summed E-state index contributed by atoms with van der Waals surface area (Å²) < 4.78 is 0. The quantitative estimate of drug-likeness (QED) is 0.770. The van der Waals surface area contributed by atoms with Crippen molar-refractivity contribution in [2.45, 2.75) is 20.8 Å². The van der Waals surface area contributed by atoms with Crippen LogP contribution < -0.4 is 11.1 Å². The monoisotopic (exact) mass is 226 g/mol. The molecule has 1 rings (SSSR count). The fourth-order valence-corrected chi connectivity index (χ4v) is 1.38. The summed E-state index contributed by atoms with van der Waals surface area (Å²) >= 11 is 5.82. The van der Waals surface area contributed by atoms with Crippen molar-refractivity contribution in [3.63, 3.8) is 0 Å². The van der Waals surface area contributed by atoms with Crippen molar-refractivity contribution in [2.24, 2.45) is 11.8 Å². The molecular weight excluding hydrogens is 208 g/mol. The van der Waals surface area contributed by atoms with E-state index in [2.05, 4.69) is 26.1 Å². The minimum absolute atomic E-state index is 0.625. The highest BCUT2D eigenvalue weighted by Crippen LogP contribution is 2.23. The van der Waals surface area contributed by atoms with Crippen LogP contribution in [0.4, 0.5) is 11.4 Å². The van der Waals surface area contributed by atoms with Gasteiger partial charge in [0, 0.05) is 11.6 Å². The molecule has 0 aliphatic carbocycles. The van der Waals surface area contributed by atoms with Crippen LogP contribution in [0.25, 0.3) is 0 Å². The van der Waals surface area contributed by atoms with E-state index in [1.807, 2.05) is 12.1 Å². The van der Waals surface area contributed by atoms with Crippen LogP contribution in [0.15, 0.2) is 18.2 Å². The molecule has 0 spiro atoms. The Bertz CT molecular complexity index is 323. The minimum atomic E-state index is 0.625. The second-order valence-electron chi connectivity index (χ2n) is 4.33. The lowest BCUT2D eigenvalue weighted by atomic mass is 9.98. The lowest BCUT2D eigenvalue weighted by Crippen LogP contribution is -2.16. The Morgan fingerprint density at radius 2 is 2.00 bits per heavy atom. The number of anilines is 2. The average molecular weight is 227 g/mol. The summed E-state index contributed by atoms with van der Waals surface area (Å²) in [4.78, 5) is 0. The first-order chi connectivity index (χ1) is 7.00. The normalized spacial score (nSPS) is 12.9. The van der Waals surface area contributed by atoms with Gasteiger partial charge in [-0.2, -0.15) is 0 Å². The summed E-state index contributed by atoms with van der Waals surface area (Å²) in [6, 6.07) is 5.54. The zero-order chi connectivity index (χ0) is 11.4. The van der Waals surface area contributed by atoms with E-state index < -0.39 is 0 Å². The molecule has 0 radical (unpaired) electrons. The van der Waals surface area contributed by atoms with E-state index in [1.165, 1.54) is 0 Å². The smallest absolute Gasteiger partial charge is 0.0575 e. The van der Waals surface area contributed by atoms with E-state index in [0.29, 0.717) is 22.5 Å². The molecule has 1 aromatic rings. The average Bonchev–Trinajstić information content (AvgIpc) is 2.15. The molecule has 0 saturated heterocycles. The number of hydrogen-bond donors (Lipinski definition) is 2. The number of nitrogen functional groups attached to an aromatic ring is 1. The topological polar surface area (TPSA) is 38.0 Å². The third-order valence-electron chi connectivity index (χ3n) is 2.77. The molecule has 0 saturated carbocycles. The summed E-state index contributed by atoms with van der Waals surface area (Å²) in [6.07, 6.45) is 0. The number of benzene rings is 1. The molecule has 0 heterocycles. The van der Waals surface area contributed by atoms with Gasteiger partial charge in [-0.15, -0.1) is 0 Å². The van der Waals surface area contributed by atoms with Gasteiger partial charge in [0.25, 0.3) is 0 Å². The highest BCUT2D eigenvalue weighted by atomic mass is 35.5. The lowest BCUT2D eigenvalue weighted by molar-refractivity contribution is 0.440. The minimum Gasteiger partial charge on any atom is -0.397 e. The van der Waals surface area contributed by atoms with Crippen molar-refractivity contribution in [3.8, 4) is 0 Å². The molecule has 3 N–H and O–H groups in total. The number of hydrogen-bond acceptors (Lipinski definition) is 2. The first kappa shape index (κ1) is 12.2. The third kappa shape index (κ3) is 3.63. The molecule has 0 fully saturated rings. The van der Waals surface area contributed by atoms with Crippen LogP contribution in [0.3, 0.4) is 0 Å². The van der Waals surface area contributed by atoms with Gasteiger partial charge in [-0.1, -0.05) is 32.4 Å². The molecule has 0 aromatic heterocycles. The van der Waals surface area contributed by atoms with Crippen molar-refractivity contribution in [1.82, 2.24) is 0 Å². The number of nitrogens with one attached hydrogen (secondary N) is 1. The SMILES string of the molecule is CC(C)C(C)CNc1ccc(Cl)cc1N. The van der Waals surface area contributed by atoms with Crippen molar-refractivity contribution < 1.29 is 0 Å². The Hall–Kier alpha value is -0.890. The van der Waals surface area contributed by atoms with Crippen molar-refractivity contribution in [1.29, 1.82) is 0 Å². The van der Waals surface area contributed by atoms with Crippen molar-refractivity contribution in [2.75, 3.05) is 17.6 Å². The van der Waals surface area contributed by atoms with E-state index >= 15 is 0 Å². The lowest BCUT2D eigenvalue weighted by Gasteiger charge is -2.17. The maximum absolute atomic E-state index is 5.84. The summed E-state index contributed by atoms with van der Waals surface area (Å²) in [5.41, 5.74) is 7.51. The van der Waals surface area contributed by atoms with E-state index in [9.17, 15) is 0 Å². The Morgan fingerprint density at radius 3 is 2.53 bits per heavy atom. The molecule has 84 valence electrons. The predicted octanol–water partition coefficient (Wildman–Crippen LogP) is 3.63. The van der Waals surface area contributed by atoms with Gasteiger partial charge in [-0.05, 0) is 30.0 Å². The molecular formula is C12H19ClN2. The Labute approximate surface area is 96.8 Å². The number of halogens is 1. The van der Waals surface area contributed by atoms with Gasteiger partial charge in [0.15, 0.2) is 0 Å². The molecule has 0 aliphatic rings. The maximum Gasteiger partial charge on any atom is 0.0575 e. The Balaban J connectivity index is 2.58. The maximum atomic E-state index is 5.84. The van der Waals surface area contributed by atoms with E-state index in [4.69, 9.17) is 17.3 Å². The number of rotatable bonds is 4. The first-order valence-electron chi connectivity index (χ1n) is 5.29. The van der Waals surface area contributed by atoms with Crippen LogP contribution in [0.5, 0.6) is 0 Å². The second kappa shape index (κ2) is 5.26. The highest BCUT2D eigenvalue weighted by Gasteiger charge is 2.07. The van der Waals surface area contributed by atoms with Gasteiger partial charge < -0.3 is 11.1 Å². The van der Waals surface area contributed by atoms with Gasteiger partial charge in [0.05, 0.1) is 11.4 Å². The largest absolute Gasteiger partial charge is 0.397 e. The fraction of sp³-hybridized carbons (Fsp3) is 0.500. The molecule has 0 aliphatic heterocycles. The molecule has 1 aromatic carbocycles. The van der Waals surface area contributed by atoms with Crippen LogP contribution in [-0.4, -0.2) is 6.54 Å². The summed E-state index contributed by atoms with van der Waals surface area (Å²) in [6.45, 7) is 7.60. The molecule has 2 nitrogen and oxygen atoms in total. The van der Waals surface area contributed by atoms with E-state index in [0.717, 1.165) is 12.2 Å². The second-order valence-corrected chi connectivity index (χ2v) is 4.77. The van der Waals surface area contributed by atoms with Gasteiger partial charge in [-0.3, -0.25) is 0 Å². The molecule has 0 bridgehead atoms. The van der Waals surface area contributed by atoms with E-state index in [-0.39, 0.29) is 0 Å². The van der Waals surface area contributed by atoms with Gasteiger partial charge >= 0.3 is 0 Å². The Morgan fingerprint density at radius 1 is 1.33 bits per heavy atom. The third-order valence-corrected chi connectivity index (χ3v) is 3.00. The summed E-state index contributed by atoms with van der Waals surface area (Å²) in [5.74, 6) is 1.30. The van der Waals surface area contributed by atoms with Gasteiger partial charge in [-0.25, -0.2) is 0 Å².